The van der Waals surface area contributed by atoms with Gasteiger partial charge in [-0.2, -0.15) is 20.4 Å². The fourth-order valence-corrected chi connectivity index (χ4v) is 23.2. The molecule has 8 heterocycles. The number of anilines is 4. The maximum atomic E-state index is 13.2. The number of carbonyl (C=O) groups is 4. The van der Waals surface area contributed by atoms with E-state index in [9.17, 15) is 36.0 Å². The van der Waals surface area contributed by atoms with Crippen molar-refractivity contribution in [2.45, 2.75) is 238 Å². The molecule has 4 unspecified atom stereocenters. The predicted octanol–water partition coefficient (Wildman–Crippen LogP) is 11.0. The molecule has 0 fully saturated rings. The first kappa shape index (κ1) is 80.8. The fourth-order valence-electron chi connectivity index (χ4n) is 19.2. The van der Waals surface area contributed by atoms with Crippen LogP contribution in [0.4, 0.5) is 41.9 Å². The first-order valence-corrected chi connectivity index (χ1v) is 46.9. The maximum absolute atomic E-state index is 13.2. The molecule has 12 aliphatic rings. The van der Waals surface area contributed by atoms with E-state index in [0.29, 0.717) is 74.8 Å². The second-order valence-corrected chi connectivity index (χ2v) is 39.5. The first-order valence-electron chi connectivity index (χ1n) is 40.6. The van der Waals surface area contributed by atoms with Crippen molar-refractivity contribution in [1.29, 1.82) is 0 Å². The Hall–Kier alpha value is -9.64. The number of methoxy groups -OCH3 is 2. The Morgan fingerprint density at radius 3 is 0.898 bits per heavy atom. The molecule has 12 N–H and O–H groups in total. The quantitative estimate of drug-likeness (QED) is 0.0630. The van der Waals surface area contributed by atoms with Crippen molar-refractivity contribution in [3.8, 4) is 23.5 Å². The molecule has 0 saturated carbocycles. The summed E-state index contributed by atoms with van der Waals surface area (Å²) >= 11 is 0. The van der Waals surface area contributed by atoms with Crippen molar-refractivity contribution in [2.24, 2.45) is 38.0 Å². The van der Waals surface area contributed by atoms with Crippen LogP contribution in [-0.2, 0) is 152 Å². The normalized spacial score (nSPS) is 22.4. The Morgan fingerprint density at radius 1 is 0.381 bits per heavy atom. The van der Waals surface area contributed by atoms with Gasteiger partial charge in [-0.05, 0) is 241 Å². The van der Waals surface area contributed by atoms with Crippen molar-refractivity contribution in [3.63, 3.8) is 0 Å². The van der Waals surface area contributed by atoms with E-state index in [-0.39, 0.29) is 56.8 Å². The Bertz CT molecular complexity index is 5670. The van der Waals surface area contributed by atoms with Crippen LogP contribution in [0.5, 0.6) is 23.5 Å². The van der Waals surface area contributed by atoms with E-state index in [1.165, 1.54) is 123 Å². The fraction of sp³-hybridized carbons (Fsp3) is 0.500. The zero-order chi connectivity index (χ0) is 82.4. The minimum Gasteiger partial charge on any atom is -0.475 e. The highest BCUT2D eigenvalue weighted by atomic mass is 32.2. The average Bonchev–Trinajstić information content (AvgIpc) is 1.62. The summed E-state index contributed by atoms with van der Waals surface area (Å²) in [6.07, 6.45) is 25.6. The van der Waals surface area contributed by atoms with Crippen LogP contribution in [0.1, 0.15) is 192 Å². The molecule has 38 heteroatoms. The van der Waals surface area contributed by atoms with Crippen molar-refractivity contribution < 1.29 is 64.4 Å². The van der Waals surface area contributed by atoms with Gasteiger partial charge in [-0.3, -0.25) is 0 Å². The highest BCUT2D eigenvalue weighted by Crippen LogP contribution is 2.49. The SMILES string of the molecule is CO[C@@H]1COc2c(S(N)(=O)=NC(=O)Nc3c4c(cc5c3[C@@H](C)CC5)CCC4)cnn2C1.CO[C@@H]1COc2c(S(N)(=O)=NC(=O)Nc3c4c(cc5c3[C@H](C)CC5)CCC4)cnn2C1.C[C@@H]1CCc2cc3c(c(NC(=O)N=S(N)(=O)c4cnn5c4OCC5)c21)CCC3.C[C@H]1CCc2cc3c(c(NC(=O)N=S(N)(=O)c4cnn5c4OCC5)c21)CCC3. The number of ether oxygens (including phenoxy) is 6. The van der Waals surface area contributed by atoms with Crippen molar-refractivity contribution in [1.82, 2.24) is 39.1 Å². The van der Waals surface area contributed by atoms with Gasteiger partial charge in [-0.15, -0.1) is 17.5 Å². The number of aryl methyl sites for hydroxylation is 8. The number of benzene rings is 4. The van der Waals surface area contributed by atoms with Crippen molar-refractivity contribution in [3.05, 3.63) is 138 Å². The molecule has 118 heavy (non-hydrogen) atoms. The van der Waals surface area contributed by atoms with E-state index in [1.54, 1.807) is 23.6 Å². The number of fused-ring (bicyclic) bond motifs is 12. The van der Waals surface area contributed by atoms with E-state index in [1.807, 2.05) is 0 Å². The van der Waals surface area contributed by atoms with Gasteiger partial charge >= 0.3 is 24.1 Å². The summed E-state index contributed by atoms with van der Waals surface area (Å²) in [5.74, 6) is 2.70. The van der Waals surface area contributed by atoms with Gasteiger partial charge in [0.2, 0.25) is 23.5 Å². The van der Waals surface area contributed by atoms with Gasteiger partial charge in [0.05, 0.1) is 51.0 Å². The summed E-state index contributed by atoms with van der Waals surface area (Å²) in [4.78, 5) is 51.8. The van der Waals surface area contributed by atoms with Gasteiger partial charge in [-0.1, -0.05) is 52.0 Å². The average molecular weight is 1690 g/mol. The second-order valence-electron chi connectivity index (χ2n) is 32.5. The van der Waals surface area contributed by atoms with Gasteiger partial charge in [-0.25, -0.2) is 75.3 Å². The van der Waals surface area contributed by atoms with Crippen LogP contribution < -0.4 is 60.8 Å². The number of nitrogens with zero attached hydrogens (tertiary/aromatic N) is 12. The minimum atomic E-state index is -3.53. The van der Waals surface area contributed by atoms with Crippen LogP contribution in [-0.4, -0.2) is 133 Å². The Morgan fingerprint density at radius 2 is 0.636 bits per heavy atom. The van der Waals surface area contributed by atoms with Crippen LogP contribution in [0.25, 0.3) is 0 Å². The summed E-state index contributed by atoms with van der Waals surface area (Å²) in [7, 11) is -10.8. The maximum Gasteiger partial charge on any atom is 0.354 e. The monoisotopic (exact) mass is 1690 g/mol. The lowest BCUT2D eigenvalue weighted by Crippen LogP contribution is -2.32. The molecule has 0 bridgehead atoms. The molecule has 10 atom stereocenters. The summed E-state index contributed by atoms with van der Waals surface area (Å²) in [6.45, 7) is 12.2. The number of amides is 8. The molecule has 8 amide bonds. The largest absolute Gasteiger partial charge is 0.475 e. The molecule has 0 radical (unpaired) electrons. The number of nitrogens with two attached hydrogens (primary N) is 4. The van der Waals surface area contributed by atoms with Crippen molar-refractivity contribution in [2.75, 3.05) is 61.9 Å². The molecule has 4 aliphatic heterocycles. The number of hydrogen-bond donors (Lipinski definition) is 8. The third-order valence-electron chi connectivity index (χ3n) is 24.9. The van der Waals surface area contributed by atoms with Gasteiger partial charge < -0.3 is 49.7 Å². The third kappa shape index (κ3) is 15.5. The Labute approximate surface area is 685 Å². The molecule has 34 nitrogen and oxygen atoms in total. The number of carbonyl (C=O) groups excluding carboxylic acids is 4. The van der Waals surface area contributed by atoms with Crippen LogP contribution in [0, 0.1) is 0 Å². The Balaban J connectivity index is 0.000000113. The van der Waals surface area contributed by atoms with Gasteiger partial charge in [0, 0.05) is 37.0 Å². The lowest BCUT2D eigenvalue weighted by atomic mass is 9.95. The lowest BCUT2D eigenvalue weighted by molar-refractivity contribution is 0.0165. The summed E-state index contributed by atoms with van der Waals surface area (Å²) in [5.41, 5.74) is 23.3. The standard InChI is InChI=1S/2C21H27N5O4S.2C19H23N5O3S/c2*1-12-6-7-14-8-13-4-3-5-16(13)19(18(12)14)24-21(27)25-31(22,28)17-9-23-26-10-15(29-2)11-30-20(17)26;2*1-11-5-6-13-9-12-3-2-4-14(12)17(16(11)13)22-19(25)23-28(20,26)15-10-21-24-7-8-27-18(15)24/h2*8-9,12,15H,3-7,10-11H2,1-2H3,(H3,22,24,25,27,28);2*9-11H,2-8H2,1H3,(H3,20,22,23,25,26)/t12-,15+,31?;12-,15-,31?;2*11-,28?/m1010/s1. The van der Waals surface area contributed by atoms with E-state index >= 15 is 0 Å². The molecule has 628 valence electrons. The molecule has 4 aromatic heterocycles. The highest BCUT2D eigenvalue weighted by Gasteiger charge is 2.38. The van der Waals surface area contributed by atoms with Gasteiger partial charge in [0.25, 0.3) is 0 Å². The molecule has 8 aromatic rings. The summed E-state index contributed by atoms with van der Waals surface area (Å²) in [6, 6.07) is 6.40. The molecule has 4 aromatic carbocycles. The van der Waals surface area contributed by atoms with Gasteiger partial charge in [0.1, 0.15) is 58.2 Å². The second kappa shape index (κ2) is 32.2. The van der Waals surface area contributed by atoms with Crippen molar-refractivity contribution >= 4 is 86.5 Å². The number of hydrogen-bond acceptors (Lipinski definition) is 18. The van der Waals surface area contributed by atoms with E-state index in [0.717, 1.165) is 151 Å². The molecule has 0 saturated heterocycles. The molecular weight excluding hydrogens is 1590 g/mol. The smallest absolute Gasteiger partial charge is 0.354 e. The highest BCUT2D eigenvalue weighted by molar-refractivity contribution is 7.92. The molecule has 20 rings (SSSR count). The van der Waals surface area contributed by atoms with E-state index in [2.05, 4.69) is 111 Å². The zero-order valence-corrected chi connectivity index (χ0v) is 70.2. The number of aromatic nitrogens is 8. The van der Waals surface area contributed by atoms with Gasteiger partial charge in [0.15, 0.2) is 39.7 Å². The van der Waals surface area contributed by atoms with Crippen LogP contribution in [0.2, 0.25) is 0 Å². The number of rotatable bonds is 10. The minimum absolute atomic E-state index is 0.120. The van der Waals surface area contributed by atoms with E-state index in [4.69, 9.17) is 49.0 Å². The number of urea groups is 4. The van der Waals surface area contributed by atoms with Crippen LogP contribution >= 0.6 is 0 Å². The lowest BCUT2D eigenvalue weighted by Gasteiger charge is -2.23. The predicted molar refractivity (Wildman–Crippen MR) is 441 cm³/mol. The first-order chi connectivity index (χ1) is 56.6. The molecule has 8 aliphatic carbocycles. The summed E-state index contributed by atoms with van der Waals surface area (Å²) < 4.78 is 107. The third-order valence-corrected chi connectivity index (χ3v) is 30.3. The number of nitrogens with one attached hydrogen (secondary N) is 4. The topological polar surface area (TPSA) is 465 Å². The molecular formula is C80H100N20O14S4. The zero-order valence-electron chi connectivity index (χ0n) is 66.9. The van der Waals surface area contributed by atoms with Crippen LogP contribution in [0.3, 0.4) is 0 Å². The van der Waals surface area contributed by atoms with Crippen LogP contribution in [0.15, 0.2) is 86.1 Å². The van der Waals surface area contributed by atoms with E-state index < -0.39 is 63.8 Å². The Kier molecular flexibility index (Phi) is 22.0. The molecule has 0 spiro atoms. The summed E-state index contributed by atoms with van der Waals surface area (Å²) in [5, 5.41) is 52.2.